The van der Waals surface area contributed by atoms with Gasteiger partial charge in [0.2, 0.25) is 0 Å². The van der Waals surface area contributed by atoms with E-state index in [2.05, 4.69) is 32.9 Å². The highest BCUT2D eigenvalue weighted by Crippen LogP contribution is 2.10. The Morgan fingerprint density at radius 1 is 1.29 bits per heavy atom. The van der Waals surface area contributed by atoms with E-state index >= 15 is 0 Å². The fourth-order valence-electron chi connectivity index (χ4n) is 2.08. The molecular formula is C17H24FIN4S. The molecule has 0 fully saturated rings. The van der Waals surface area contributed by atoms with Crippen molar-refractivity contribution in [2.24, 2.45) is 4.99 Å². The maximum absolute atomic E-state index is 13.2. The van der Waals surface area contributed by atoms with Crippen LogP contribution in [0.25, 0.3) is 0 Å². The lowest BCUT2D eigenvalue weighted by Crippen LogP contribution is -2.38. The molecule has 0 aliphatic carbocycles. The summed E-state index contributed by atoms with van der Waals surface area (Å²) in [7, 11) is 0. The highest BCUT2D eigenvalue weighted by molar-refractivity contribution is 14.0. The van der Waals surface area contributed by atoms with E-state index in [-0.39, 0.29) is 29.8 Å². The second-order valence-corrected chi connectivity index (χ2v) is 6.03. The molecule has 24 heavy (non-hydrogen) atoms. The molecule has 0 spiro atoms. The molecule has 0 saturated heterocycles. The topological polar surface area (TPSA) is 49.3 Å². The molecule has 2 N–H and O–H groups in total. The van der Waals surface area contributed by atoms with Gasteiger partial charge in [-0.15, -0.1) is 35.3 Å². The quantitative estimate of drug-likeness (QED) is 0.374. The van der Waals surface area contributed by atoms with Crippen molar-refractivity contribution in [3.8, 4) is 0 Å². The standard InChI is InChI=1S/C17H23FN4S.HI/c1-3-16-22-15(12-23-16)8-9-20-17(19-4-2)21-11-13-6-5-7-14(18)10-13;/h5-7,10,12H,3-4,8-9,11H2,1-2H3,(H2,19,20,21);1H. The van der Waals surface area contributed by atoms with Gasteiger partial charge in [0, 0.05) is 24.9 Å². The third kappa shape index (κ3) is 7.12. The molecule has 1 heterocycles. The van der Waals surface area contributed by atoms with Gasteiger partial charge in [-0.05, 0) is 31.0 Å². The second-order valence-electron chi connectivity index (χ2n) is 5.09. The second kappa shape index (κ2) is 11.4. The number of nitrogens with one attached hydrogen (secondary N) is 2. The minimum Gasteiger partial charge on any atom is -0.357 e. The Labute approximate surface area is 164 Å². The SMILES string of the molecule is CCNC(=NCc1cccc(F)c1)NCCc1csc(CC)n1.I. The first kappa shape index (κ1) is 20.8. The Morgan fingerprint density at radius 2 is 2.12 bits per heavy atom. The molecule has 0 aliphatic rings. The number of aromatic nitrogens is 1. The summed E-state index contributed by atoms with van der Waals surface area (Å²) in [5, 5.41) is 9.77. The van der Waals surface area contributed by atoms with E-state index in [9.17, 15) is 4.39 Å². The van der Waals surface area contributed by atoms with Gasteiger partial charge in [-0.25, -0.2) is 14.4 Å². The Hall–Kier alpha value is -1.22. The molecule has 132 valence electrons. The number of benzene rings is 1. The number of thiazole rings is 1. The van der Waals surface area contributed by atoms with E-state index in [4.69, 9.17) is 0 Å². The van der Waals surface area contributed by atoms with E-state index in [1.807, 2.05) is 13.0 Å². The number of halogens is 2. The molecule has 2 aromatic rings. The lowest BCUT2D eigenvalue weighted by atomic mass is 10.2. The van der Waals surface area contributed by atoms with Gasteiger partial charge in [-0.1, -0.05) is 19.1 Å². The highest BCUT2D eigenvalue weighted by Gasteiger charge is 2.02. The van der Waals surface area contributed by atoms with Gasteiger partial charge in [0.1, 0.15) is 5.82 Å². The summed E-state index contributed by atoms with van der Waals surface area (Å²) in [6, 6.07) is 6.52. The van der Waals surface area contributed by atoms with Crippen molar-refractivity contribution >= 4 is 41.3 Å². The number of aliphatic imine (C=N–C) groups is 1. The summed E-state index contributed by atoms with van der Waals surface area (Å²) in [5.41, 5.74) is 1.97. The monoisotopic (exact) mass is 462 g/mol. The minimum atomic E-state index is -0.231. The molecule has 0 amide bonds. The van der Waals surface area contributed by atoms with Crippen LogP contribution in [0.5, 0.6) is 0 Å². The number of aryl methyl sites for hydroxylation is 1. The van der Waals surface area contributed by atoms with E-state index in [1.54, 1.807) is 17.4 Å². The van der Waals surface area contributed by atoms with Crippen LogP contribution in [-0.2, 0) is 19.4 Å². The van der Waals surface area contributed by atoms with Crippen LogP contribution in [0.2, 0.25) is 0 Å². The van der Waals surface area contributed by atoms with Crippen molar-refractivity contribution in [3.05, 3.63) is 51.7 Å². The molecule has 0 unspecified atom stereocenters. The van der Waals surface area contributed by atoms with Gasteiger partial charge in [0.05, 0.1) is 17.2 Å². The average Bonchev–Trinajstić information content (AvgIpc) is 3.01. The lowest BCUT2D eigenvalue weighted by molar-refractivity contribution is 0.625. The first-order valence-corrected chi connectivity index (χ1v) is 8.79. The van der Waals surface area contributed by atoms with Gasteiger partial charge in [0.15, 0.2) is 5.96 Å². The van der Waals surface area contributed by atoms with E-state index in [1.165, 1.54) is 17.1 Å². The zero-order valence-corrected chi connectivity index (χ0v) is 17.2. The molecule has 0 atom stereocenters. The Kier molecular flexibility index (Phi) is 9.85. The molecule has 2 rings (SSSR count). The maximum atomic E-state index is 13.2. The van der Waals surface area contributed by atoms with Crippen molar-refractivity contribution in [1.29, 1.82) is 0 Å². The van der Waals surface area contributed by atoms with Crippen LogP contribution in [0.4, 0.5) is 4.39 Å². The molecule has 0 radical (unpaired) electrons. The number of guanidine groups is 1. The number of hydrogen-bond acceptors (Lipinski definition) is 3. The third-order valence-corrected chi connectivity index (χ3v) is 4.27. The zero-order chi connectivity index (χ0) is 16.5. The predicted octanol–water partition coefficient (Wildman–Crippen LogP) is 3.76. The van der Waals surface area contributed by atoms with Crippen LogP contribution >= 0.6 is 35.3 Å². The summed E-state index contributed by atoms with van der Waals surface area (Å²) >= 11 is 1.71. The number of rotatable bonds is 7. The summed E-state index contributed by atoms with van der Waals surface area (Å²) in [5.74, 6) is 0.508. The van der Waals surface area contributed by atoms with Crippen LogP contribution in [-0.4, -0.2) is 24.0 Å². The summed E-state index contributed by atoms with van der Waals surface area (Å²) in [6.45, 7) is 6.13. The van der Waals surface area contributed by atoms with E-state index in [0.717, 1.165) is 43.1 Å². The first-order valence-electron chi connectivity index (χ1n) is 7.91. The van der Waals surface area contributed by atoms with Crippen LogP contribution in [0.1, 0.15) is 30.1 Å². The molecule has 4 nitrogen and oxygen atoms in total. The van der Waals surface area contributed by atoms with Crippen LogP contribution in [0.3, 0.4) is 0 Å². The Morgan fingerprint density at radius 3 is 2.79 bits per heavy atom. The molecule has 1 aromatic carbocycles. The van der Waals surface area contributed by atoms with Crippen molar-refractivity contribution in [2.75, 3.05) is 13.1 Å². The fraction of sp³-hybridized carbons (Fsp3) is 0.412. The van der Waals surface area contributed by atoms with Gasteiger partial charge in [0.25, 0.3) is 0 Å². The summed E-state index contributed by atoms with van der Waals surface area (Å²) < 4.78 is 13.2. The lowest BCUT2D eigenvalue weighted by Gasteiger charge is -2.10. The van der Waals surface area contributed by atoms with E-state index < -0.39 is 0 Å². The first-order chi connectivity index (χ1) is 11.2. The largest absolute Gasteiger partial charge is 0.357 e. The zero-order valence-electron chi connectivity index (χ0n) is 14.0. The van der Waals surface area contributed by atoms with Crippen molar-refractivity contribution in [3.63, 3.8) is 0 Å². The van der Waals surface area contributed by atoms with Crippen LogP contribution in [0.15, 0.2) is 34.6 Å². The Bertz CT molecular complexity index is 645. The van der Waals surface area contributed by atoms with Crippen molar-refractivity contribution in [2.45, 2.75) is 33.2 Å². The molecule has 7 heteroatoms. The summed E-state index contributed by atoms with van der Waals surface area (Å²) in [6.07, 6.45) is 1.84. The Balaban J connectivity index is 0.00000288. The molecule has 0 aliphatic heterocycles. The molecule has 1 aromatic heterocycles. The number of nitrogens with zero attached hydrogens (tertiary/aromatic N) is 2. The fourth-order valence-corrected chi connectivity index (χ4v) is 2.86. The average molecular weight is 462 g/mol. The smallest absolute Gasteiger partial charge is 0.191 e. The van der Waals surface area contributed by atoms with Crippen LogP contribution < -0.4 is 10.6 Å². The van der Waals surface area contributed by atoms with Crippen molar-refractivity contribution in [1.82, 2.24) is 15.6 Å². The number of hydrogen-bond donors (Lipinski definition) is 2. The van der Waals surface area contributed by atoms with E-state index in [0.29, 0.717) is 6.54 Å². The maximum Gasteiger partial charge on any atom is 0.191 e. The molecule has 0 saturated carbocycles. The van der Waals surface area contributed by atoms with Gasteiger partial charge in [-0.2, -0.15) is 0 Å². The van der Waals surface area contributed by atoms with Crippen molar-refractivity contribution < 1.29 is 4.39 Å². The minimum absolute atomic E-state index is 0. The third-order valence-electron chi connectivity index (χ3n) is 3.23. The highest BCUT2D eigenvalue weighted by atomic mass is 127. The molecule has 0 bridgehead atoms. The van der Waals surface area contributed by atoms with Gasteiger partial charge < -0.3 is 10.6 Å². The summed E-state index contributed by atoms with van der Waals surface area (Å²) in [4.78, 5) is 9.04. The molecular weight excluding hydrogens is 438 g/mol. The van der Waals surface area contributed by atoms with Gasteiger partial charge >= 0.3 is 0 Å². The normalized spacial score (nSPS) is 11.0. The predicted molar refractivity (Wildman–Crippen MR) is 110 cm³/mol. The van der Waals surface area contributed by atoms with Crippen LogP contribution in [0, 0.1) is 5.82 Å². The van der Waals surface area contributed by atoms with Gasteiger partial charge in [-0.3, -0.25) is 0 Å².